The minimum atomic E-state index is -1.31. The summed E-state index contributed by atoms with van der Waals surface area (Å²) >= 11 is 0.705. The molecule has 0 unspecified atom stereocenters. The molecule has 0 aliphatic heterocycles. The van der Waals surface area contributed by atoms with Crippen molar-refractivity contribution in [1.82, 2.24) is 4.98 Å². The molecule has 0 aliphatic rings. The van der Waals surface area contributed by atoms with Crippen molar-refractivity contribution in [3.63, 3.8) is 0 Å². The van der Waals surface area contributed by atoms with Crippen LogP contribution in [0.3, 0.4) is 0 Å². The van der Waals surface area contributed by atoms with Gasteiger partial charge >= 0.3 is 11.1 Å². The lowest BCUT2D eigenvalue weighted by Gasteiger charge is -2.07. The monoisotopic (exact) mass is 308 g/mol. The zero-order valence-electron chi connectivity index (χ0n) is 10.3. The van der Waals surface area contributed by atoms with E-state index in [1.165, 1.54) is 12.1 Å². The topological polar surface area (TPSA) is 134 Å². The quantitative estimate of drug-likeness (QED) is 0.586. The molecule has 2 rings (SSSR count). The molecular weight excluding hydrogens is 300 g/mol. The van der Waals surface area contributed by atoms with Gasteiger partial charge in [0.1, 0.15) is 6.20 Å². The molecule has 0 aliphatic carbocycles. The van der Waals surface area contributed by atoms with Crippen molar-refractivity contribution in [1.29, 1.82) is 0 Å². The molecule has 1 heterocycles. The second-order valence-electron chi connectivity index (χ2n) is 3.69. The van der Waals surface area contributed by atoms with E-state index in [0.717, 1.165) is 6.20 Å². The highest BCUT2D eigenvalue weighted by Crippen LogP contribution is 2.26. The predicted octanol–water partition coefficient (Wildman–Crippen LogP) is 2.39. The number of para-hydroxylation sites is 1. The van der Waals surface area contributed by atoms with E-state index in [1.807, 2.05) is 0 Å². The van der Waals surface area contributed by atoms with Crippen LogP contribution in [-0.2, 0) is 0 Å². The average Bonchev–Trinajstić information content (AvgIpc) is 2.87. The summed E-state index contributed by atoms with van der Waals surface area (Å²) in [5.74, 6) is -0.622. The molecule has 1 aromatic heterocycles. The molecule has 10 heteroatoms. The fourth-order valence-electron chi connectivity index (χ4n) is 1.48. The number of anilines is 2. The Labute approximate surface area is 121 Å². The van der Waals surface area contributed by atoms with Crippen LogP contribution in [0.5, 0.6) is 0 Å². The van der Waals surface area contributed by atoms with Crippen LogP contribution in [0.4, 0.5) is 20.6 Å². The van der Waals surface area contributed by atoms with Gasteiger partial charge in [-0.2, -0.15) is 0 Å². The first-order chi connectivity index (χ1) is 9.97. The summed E-state index contributed by atoms with van der Waals surface area (Å²) < 4.78 is 0. The van der Waals surface area contributed by atoms with Gasteiger partial charge in [-0.05, 0) is 23.5 Å². The molecule has 9 nitrogen and oxygen atoms in total. The Hall–Kier alpha value is -3.01. The Morgan fingerprint density at radius 1 is 1.29 bits per heavy atom. The van der Waals surface area contributed by atoms with Crippen molar-refractivity contribution in [2.45, 2.75) is 0 Å². The summed E-state index contributed by atoms with van der Waals surface area (Å²) in [5, 5.41) is 23.6. The lowest BCUT2D eigenvalue weighted by atomic mass is 10.1. The van der Waals surface area contributed by atoms with E-state index in [2.05, 4.69) is 15.6 Å². The maximum atomic E-state index is 12.0. The normalized spacial score (nSPS) is 9.90. The van der Waals surface area contributed by atoms with Crippen LogP contribution in [0.25, 0.3) is 0 Å². The predicted molar refractivity (Wildman–Crippen MR) is 74.8 cm³/mol. The number of benzene rings is 1. The van der Waals surface area contributed by atoms with Gasteiger partial charge in [0.25, 0.3) is 5.91 Å². The Kier molecular flexibility index (Phi) is 4.09. The molecule has 21 heavy (non-hydrogen) atoms. The van der Waals surface area contributed by atoms with Crippen LogP contribution in [0.1, 0.15) is 10.4 Å². The Morgan fingerprint density at radius 3 is 2.62 bits per heavy atom. The molecule has 0 fully saturated rings. The number of nitro groups is 1. The molecule has 0 saturated carbocycles. The number of carbonyl (C=O) groups excluding carboxylic acids is 1. The first kappa shape index (κ1) is 14.4. The second kappa shape index (κ2) is 5.96. The van der Waals surface area contributed by atoms with Gasteiger partial charge in [0.2, 0.25) is 0 Å². The van der Waals surface area contributed by atoms with E-state index < -0.39 is 16.9 Å². The van der Waals surface area contributed by atoms with Crippen molar-refractivity contribution >= 4 is 39.2 Å². The van der Waals surface area contributed by atoms with Crippen LogP contribution in [0.15, 0.2) is 30.5 Å². The summed E-state index contributed by atoms with van der Waals surface area (Å²) in [4.78, 5) is 36.3. The van der Waals surface area contributed by atoms with Gasteiger partial charge in [0.15, 0.2) is 5.13 Å². The van der Waals surface area contributed by atoms with Crippen LogP contribution >= 0.6 is 11.3 Å². The fraction of sp³-hybridized carbons (Fsp3) is 0. The third-order valence-corrected chi connectivity index (χ3v) is 3.17. The van der Waals surface area contributed by atoms with Gasteiger partial charge in [-0.1, -0.05) is 12.1 Å². The number of carbonyl (C=O) groups is 2. The highest BCUT2D eigenvalue weighted by molar-refractivity contribution is 7.18. The molecule has 108 valence electrons. The van der Waals surface area contributed by atoms with Crippen molar-refractivity contribution < 1.29 is 19.6 Å². The summed E-state index contributed by atoms with van der Waals surface area (Å²) in [6, 6.07) is 5.97. The molecule has 0 bridgehead atoms. The minimum Gasteiger partial charge on any atom is -0.465 e. The number of hydrogen-bond donors (Lipinski definition) is 3. The van der Waals surface area contributed by atoms with Crippen LogP contribution in [0, 0.1) is 10.1 Å². The van der Waals surface area contributed by atoms with E-state index in [1.54, 1.807) is 12.1 Å². The lowest BCUT2D eigenvalue weighted by Crippen LogP contribution is -2.16. The first-order valence-corrected chi connectivity index (χ1v) is 6.29. The second-order valence-corrected chi connectivity index (χ2v) is 4.70. The molecule has 2 amide bonds. The van der Waals surface area contributed by atoms with Crippen LogP contribution in [-0.4, -0.2) is 27.0 Å². The van der Waals surface area contributed by atoms with Crippen LogP contribution < -0.4 is 10.6 Å². The van der Waals surface area contributed by atoms with Crippen molar-refractivity contribution in [2.75, 3.05) is 10.6 Å². The van der Waals surface area contributed by atoms with Crippen molar-refractivity contribution in [3.05, 3.63) is 46.1 Å². The summed E-state index contributed by atoms with van der Waals surface area (Å²) in [6.45, 7) is 0. The minimum absolute atomic E-state index is 0.0526. The SMILES string of the molecule is O=C(O)Nc1ccccc1C(=O)Nc1ncc([N+](=O)[O-])s1. The molecule has 0 radical (unpaired) electrons. The molecule has 0 saturated heterocycles. The number of thiazole rings is 1. The molecular formula is C11H8N4O5S. The number of hydrogen-bond acceptors (Lipinski definition) is 6. The van der Waals surface area contributed by atoms with E-state index in [4.69, 9.17) is 5.11 Å². The number of nitrogens with zero attached hydrogens (tertiary/aromatic N) is 2. The third-order valence-electron chi connectivity index (χ3n) is 2.31. The van der Waals surface area contributed by atoms with E-state index in [9.17, 15) is 19.7 Å². The van der Waals surface area contributed by atoms with Gasteiger partial charge in [0, 0.05) is 0 Å². The van der Waals surface area contributed by atoms with E-state index in [-0.39, 0.29) is 21.4 Å². The summed E-state index contributed by atoms with van der Waals surface area (Å²) in [7, 11) is 0. The number of rotatable bonds is 4. The van der Waals surface area contributed by atoms with Gasteiger partial charge < -0.3 is 5.11 Å². The maximum absolute atomic E-state index is 12.0. The van der Waals surface area contributed by atoms with Crippen molar-refractivity contribution in [2.24, 2.45) is 0 Å². The number of aromatic nitrogens is 1. The average molecular weight is 308 g/mol. The molecule has 2 aromatic rings. The van der Waals surface area contributed by atoms with E-state index in [0.29, 0.717) is 11.3 Å². The molecule has 1 aromatic carbocycles. The first-order valence-electron chi connectivity index (χ1n) is 5.48. The lowest BCUT2D eigenvalue weighted by molar-refractivity contribution is -0.380. The number of amides is 2. The van der Waals surface area contributed by atoms with Crippen molar-refractivity contribution in [3.8, 4) is 0 Å². The highest BCUT2D eigenvalue weighted by Gasteiger charge is 2.17. The maximum Gasteiger partial charge on any atom is 0.409 e. The zero-order chi connectivity index (χ0) is 15.4. The van der Waals surface area contributed by atoms with Gasteiger partial charge in [-0.25, -0.2) is 9.78 Å². The number of nitrogens with one attached hydrogen (secondary N) is 2. The molecule has 0 spiro atoms. The number of carboxylic acid groups (broad SMARTS) is 1. The van der Waals surface area contributed by atoms with Gasteiger partial charge in [-0.3, -0.25) is 25.5 Å². The molecule has 0 atom stereocenters. The summed E-state index contributed by atoms with van der Waals surface area (Å²) in [6.07, 6.45) is -0.276. The van der Waals surface area contributed by atoms with E-state index >= 15 is 0 Å². The highest BCUT2D eigenvalue weighted by atomic mass is 32.1. The standard InChI is InChI=1S/C11H8N4O5S/c16-9(14-10-12-5-8(21-10)15(19)20)6-3-1-2-4-7(6)13-11(17)18/h1-5,13H,(H,17,18)(H,12,14,16). The summed E-state index contributed by atoms with van der Waals surface area (Å²) in [5.41, 5.74) is 0.186. The Morgan fingerprint density at radius 2 is 2.00 bits per heavy atom. The zero-order valence-corrected chi connectivity index (χ0v) is 11.1. The fourth-order valence-corrected chi connectivity index (χ4v) is 2.10. The van der Waals surface area contributed by atoms with Gasteiger partial charge in [0.05, 0.1) is 16.2 Å². The largest absolute Gasteiger partial charge is 0.465 e. The van der Waals surface area contributed by atoms with Crippen LogP contribution in [0.2, 0.25) is 0 Å². The Balaban J connectivity index is 2.19. The van der Waals surface area contributed by atoms with Gasteiger partial charge in [-0.15, -0.1) is 0 Å². The smallest absolute Gasteiger partial charge is 0.409 e. The third kappa shape index (κ3) is 3.51. The Bertz CT molecular complexity index is 714. The molecule has 3 N–H and O–H groups in total.